The van der Waals surface area contributed by atoms with Gasteiger partial charge in [0.25, 0.3) is 0 Å². The first-order valence-corrected chi connectivity index (χ1v) is 23.2. The SMILES string of the molecule is S=P(c1ccccc1)(c1ccccc1)c1ccc(-c2ccc3c(ccc4c5ccccc5c5nc6ccc(Cc7cc8ccccc8c8ccccc78)cc6n5c34)c2)cn1. The molecule has 0 fully saturated rings. The van der Waals surface area contributed by atoms with Crippen LogP contribution in [-0.4, -0.2) is 14.4 Å². The molecule has 0 spiro atoms. The second kappa shape index (κ2) is 13.8. The quantitative estimate of drug-likeness (QED) is 0.124. The second-order valence-electron chi connectivity index (χ2n) is 15.7. The van der Waals surface area contributed by atoms with Crippen LogP contribution in [0.1, 0.15) is 11.1 Å². The molecule has 0 atom stereocenters. The van der Waals surface area contributed by atoms with Gasteiger partial charge in [0.1, 0.15) is 5.65 Å². The van der Waals surface area contributed by atoms with Crippen LogP contribution in [-0.2, 0) is 18.2 Å². The van der Waals surface area contributed by atoms with Gasteiger partial charge in [0.15, 0.2) is 0 Å². The molecule has 12 rings (SSSR count). The number of hydrogen-bond acceptors (Lipinski definition) is 3. The van der Waals surface area contributed by atoms with Crippen molar-refractivity contribution in [3.8, 4) is 11.1 Å². The predicted octanol–water partition coefficient (Wildman–Crippen LogP) is 12.7. The minimum atomic E-state index is -2.34. The highest BCUT2D eigenvalue weighted by Gasteiger charge is 2.26. The topological polar surface area (TPSA) is 30.2 Å². The number of fused-ring (bicyclic) bond motifs is 13. The number of nitrogens with zero attached hydrogens (tertiary/aromatic N) is 3. The van der Waals surface area contributed by atoms with Crippen LogP contribution in [0.4, 0.5) is 0 Å². The number of imidazole rings is 1. The summed E-state index contributed by atoms with van der Waals surface area (Å²) < 4.78 is 2.41. The molecule has 0 saturated heterocycles. The number of pyridine rings is 2. The normalized spacial score (nSPS) is 12.1. The molecule has 9 aromatic carbocycles. The van der Waals surface area contributed by atoms with Crippen molar-refractivity contribution in [3.05, 3.63) is 218 Å². The van der Waals surface area contributed by atoms with E-state index in [-0.39, 0.29) is 0 Å². The van der Waals surface area contributed by atoms with Crippen LogP contribution in [0.5, 0.6) is 0 Å². The molecule has 12 aromatic rings. The molecule has 0 aliphatic rings. The van der Waals surface area contributed by atoms with Crippen molar-refractivity contribution < 1.29 is 0 Å². The third-order valence-corrected chi connectivity index (χ3v) is 17.1. The lowest BCUT2D eigenvalue weighted by atomic mass is 9.93. The Morgan fingerprint density at radius 2 is 1.08 bits per heavy atom. The fourth-order valence-electron chi connectivity index (χ4n) is 9.43. The maximum atomic E-state index is 6.58. The first-order valence-electron chi connectivity index (χ1n) is 20.4. The van der Waals surface area contributed by atoms with Gasteiger partial charge in [0.05, 0.1) is 28.0 Å². The zero-order valence-electron chi connectivity index (χ0n) is 32.5. The Hall–Kier alpha value is -6.97. The highest BCUT2D eigenvalue weighted by atomic mass is 32.4. The van der Waals surface area contributed by atoms with Crippen molar-refractivity contribution in [1.82, 2.24) is 14.4 Å². The summed E-state index contributed by atoms with van der Waals surface area (Å²) >= 11 is 6.58. The van der Waals surface area contributed by atoms with Crippen molar-refractivity contribution >= 4 is 105 Å². The summed E-state index contributed by atoms with van der Waals surface area (Å²) in [7, 11) is 0. The Morgan fingerprint density at radius 3 is 1.82 bits per heavy atom. The number of hydrogen-bond donors (Lipinski definition) is 0. The summed E-state index contributed by atoms with van der Waals surface area (Å²) in [6, 6.07) is 69.7. The van der Waals surface area contributed by atoms with Crippen molar-refractivity contribution in [2.75, 3.05) is 0 Å². The van der Waals surface area contributed by atoms with Gasteiger partial charge in [-0.3, -0.25) is 9.38 Å². The Balaban J connectivity index is 1.01. The minimum Gasteiger partial charge on any atom is -0.291 e. The lowest BCUT2D eigenvalue weighted by molar-refractivity contribution is 1.22. The van der Waals surface area contributed by atoms with Gasteiger partial charge in [-0.2, -0.15) is 0 Å². The lowest BCUT2D eigenvalue weighted by Gasteiger charge is -2.23. The van der Waals surface area contributed by atoms with E-state index in [9.17, 15) is 0 Å². The standard InChI is InChI=1S/C55H36N3PS/c60-59(42-14-3-1-4-15-42,43-16-5-2-6-17-43)53-30-26-40(35-56-53)37-24-27-46-39(33-37)25-28-49-48-21-11-12-22-50(48)55-57-51-29-23-36(32-52(51)58(55)54(46)49)31-41-34-38-13-7-8-18-44(38)47-20-10-9-19-45(41)47/h1-30,32-35H,31H2. The zero-order chi connectivity index (χ0) is 39.8. The van der Waals surface area contributed by atoms with Gasteiger partial charge in [-0.1, -0.05) is 188 Å². The van der Waals surface area contributed by atoms with Crippen LogP contribution >= 0.6 is 6.04 Å². The molecule has 0 unspecified atom stereocenters. The largest absolute Gasteiger partial charge is 0.291 e. The van der Waals surface area contributed by atoms with Crippen LogP contribution < -0.4 is 16.0 Å². The second-order valence-corrected chi connectivity index (χ2v) is 20.1. The van der Waals surface area contributed by atoms with Gasteiger partial charge in [0, 0.05) is 27.9 Å². The number of rotatable bonds is 6. The molecule has 3 heterocycles. The van der Waals surface area contributed by atoms with Gasteiger partial charge in [-0.25, -0.2) is 4.98 Å². The summed E-state index contributed by atoms with van der Waals surface area (Å²) in [5.41, 5.74) is 9.97. The predicted molar refractivity (Wildman–Crippen MR) is 259 cm³/mol. The van der Waals surface area contributed by atoms with E-state index in [1.807, 2.05) is 18.3 Å². The first kappa shape index (κ1) is 35.0. The van der Waals surface area contributed by atoms with E-state index in [4.69, 9.17) is 21.8 Å². The first-order chi connectivity index (χ1) is 29.6. The average molecular weight is 802 g/mol. The summed E-state index contributed by atoms with van der Waals surface area (Å²) in [4.78, 5) is 10.4. The minimum absolute atomic E-state index is 0.822. The fraction of sp³-hybridized carbons (Fsp3) is 0.0182. The summed E-state index contributed by atoms with van der Waals surface area (Å²) in [5.74, 6) is 0. The van der Waals surface area contributed by atoms with E-state index in [0.29, 0.717) is 0 Å². The Labute approximate surface area is 352 Å². The highest BCUT2D eigenvalue weighted by Crippen LogP contribution is 2.43. The molecule has 0 amide bonds. The molecule has 3 aromatic heterocycles. The van der Waals surface area contributed by atoms with Crippen LogP contribution in [0.15, 0.2) is 206 Å². The van der Waals surface area contributed by atoms with E-state index in [1.54, 1.807) is 0 Å². The fourth-order valence-corrected chi connectivity index (χ4v) is 13.0. The molecule has 0 aliphatic carbocycles. The molecule has 0 radical (unpaired) electrons. The Kier molecular flexibility index (Phi) is 8.06. The molecule has 282 valence electrons. The van der Waals surface area contributed by atoms with Crippen LogP contribution in [0.3, 0.4) is 0 Å². The molecule has 5 heteroatoms. The maximum Gasteiger partial charge on any atom is 0.146 e. The lowest BCUT2D eigenvalue weighted by Crippen LogP contribution is -2.26. The van der Waals surface area contributed by atoms with Gasteiger partial charge in [-0.05, 0) is 90.3 Å². The van der Waals surface area contributed by atoms with E-state index in [1.165, 1.54) is 59.7 Å². The summed E-state index contributed by atoms with van der Waals surface area (Å²) in [6.45, 7) is 0. The third kappa shape index (κ3) is 5.45. The van der Waals surface area contributed by atoms with Crippen molar-refractivity contribution in [2.45, 2.75) is 6.42 Å². The molecule has 0 aliphatic heterocycles. The monoisotopic (exact) mass is 801 g/mol. The van der Waals surface area contributed by atoms with Gasteiger partial charge >= 0.3 is 0 Å². The van der Waals surface area contributed by atoms with E-state index >= 15 is 0 Å². The van der Waals surface area contributed by atoms with Crippen LogP contribution in [0.25, 0.3) is 81.8 Å². The van der Waals surface area contributed by atoms with Crippen LogP contribution in [0, 0.1) is 0 Å². The smallest absolute Gasteiger partial charge is 0.146 e. The molecule has 3 nitrogen and oxygen atoms in total. The molecular formula is C55H36N3PS. The summed E-state index contributed by atoms with van der Waals surface area (Å²) in [6.07, 6.45) is 2.82. The van der Waals surface area contributed by atoms with Gasteiger partial charge < -0.3 is 0 Å². The highest BCUT2D eigenvalue weighted by molar-refractivity contribution is 8.25. The van der Waals surface area contributed by atoms with Gasteiger partial charge in [-0.15, -0.1) is 0 Å². The molecule has 0 N–H and O–H groups in total. The number of benzene rings is 9. The number of aromatic nitrogens is 3. The van der Waals surface area contributed by atoms with E-state index in [0.717, 1.165) is 55.7 Å². The Morgan fingerprint density at radius 1 is 0.467 bits per heavy atom. The third-order valence-electron chi connectivity index (χ3n) is 12.3. The van der Waals surface area contributed by atoms with E-state index < -0.39 is 6.04 Å². The van der Waals surface area contributed by atoms with Crippen molar-refractivity contribution in [1.29, 1.82) is 0 Å². The average Bonchev–Trinajstić information content (AvgIpc) is 3.71. The van der Waals surface area contributed by atoms with Crippen molar-refractivity contribution in [2.24, 2.45) is 0 Å². The Bertz CT molecular complexity index is 3670. The van der Waals surface area contributed by atoms with E-state index in [2.05, 4.69) is 192 Å². The van der Waals surface area contributed by atoms with Crippen LogP contribution in [0.2, 0.25) is 0 Å². The summed E-state index contributed by atoms with van der Waals surface area (Å²) in [5, 5.41) is 13.4. The zero-order valence-corrected chi connectivity index (χ0v) is 34.2. The molecular weight excluding hydrogens is 766 g/mol. The molecule has 0 bridgehead atoms. The maximum absolute atomic E-state index is 6.58. The molecule has 0 saturated carbocycles. The molecule has 60 heavy (non-hydrogen) atoms. The van der Waals surface area contributed by atoms with Gasteiger partial charge in [0.2, 0.25) is 0 Å². The van der Waals surface area contributed by atoms with Crippen molar-refractivity contribution in [3.63, 3.8) is 0 Å².